The van der Waals surface area contributed by atoms with Gasteiger partial charge in [0.25, 0.3) is 0 Å². The summed E-state index contributed by atoms with van der Waals surface area (Å²) in [4.78, 5) is 11.8. The van der Waals surface area contributed by atoms with E-state index in [1.165, 1.54) is 0 Å². The minimum Gasteiger partial charge on any atom is -0.356 e. The minimum absolute atomic E-state index is 0.0106. The van der Waals surface area contributed by atoms with E-state index in [2.05, 4.69) is 5.32 Å². The second kappa shape index (κ2) is 6.83. The predicted molar refractivity (Wildman–Crippen MR) is 80.2 cm³/mol. The minimum atomic E-state index is 0.0106. The number of benzene rings is 1. The van der Waals surface area contributed by atoms with Crippen molar-refractivity contribution in [3.8, 4) is 0 Å². The highest BCUT2D eigenvalue weighted by molar-refractivity contribution is 6.42. The number of hydrogen-bond acceptors (Lipinski definition) is 1. The molecule has 1 aliphatic carbocycles. The first-order chi connectivity index (χ1) is 9.04. The summed E-state index contributed by atoms with van der Waals surface area (Å²) in [5.74, 6) is 0.525. The summed E-state index contributed by atoms with van der Waals surface area (Å²) in [5, 5.41) is 4.21. The van der Waals surface area contributed by atoms with Gasteiger partial charge in [-0.2, -0.15) is 0 Å². The van der Waals surface area contributed by atoms with Crippen LogP contribution in [0, 0.1) is 5.92 Å². The van der Waals surface area contributed by atoms with Gasteiger partial charge in [-0.05, 0) is 42.9 Å². The molecule has 1 aliphatic rings. The van der Waals surface area contributed by atoms with Crippen molar-refractivity contribution < 1.29 is 4.79 Å². The highest BCUT2D eigenvalue weighted by atomic mass is 35.5. The average Bonchev–Trinajstić information content (AvgIpc) is 2.77. The van der Waals surface area contributed by atoms with E-state index in [0.717, 1.165) is 24.8 Å². The van der Waals surface area contributed by atoms with E-state index in [0.29, 0.717) is 28.9 Å². The number of hydrogen-bond donors (Lipinski definition) is 1. The summed E-state index contributed by atoms with van der Waals surface area (Å²) in [6, 6.07) is 5.26. The Labute approximate surface area is 128 Å². The molecule has 0 heterocycles. The smallest absolute Gasteiger partial charge is 0.224 e. The Morgan fingerprint density at radius 2 is 2.05 bits per heavy atom. The Morgan fingerprint density at radius 1 is 1.26 bits per heavy atom. The molecule has 2 nitrogen and oxygen atoms in total. The highest BCUT2D eigenvalue weighted by Gasteiger charge is 2.22. The van der Waals surface area contributed by atoms with Crippen molar-refractivity contribution in [3.63, 3.8) is 0 Å². The van der Waals surface area contributed by atoms with E-state index in [1.807, 2.05) is 6.07 Å². The molecule has 0 aromatic heterocycles. The van der Waals surface area contributed by atoms with Crippen LogP contribution >= 0.6 is 34.8 Å². The number of nitrogens with one attached hydrogen (secondary N) is 1. The molecule has 1 saturated carbocycles. The average molecular weight is 321 g/mol. The molecule has 0 aliphatic heterocycles. The van der Waals surface area contributed by atoms with Crippen LogP contribution < -0.4 is 5.32 Å². The lowest BCUT2D eigenvalue weighted by atomic mass is 10.1. The summed E-state index contributed by atoms with van der Waals surface area (Å²) >= 11 is 17.8. The van der Waals surface area contributed by atoms with Crippen LogP contribution in [-0.2, 0) is 11.2 Å². The van der Waals surface area contributed by atoms with Crippen molar-refractivity contribution in [1.29, 1.82) is 0 Å². The molecule has 0 spiro atoms. The summed E-state index contributed by atoms with van der Waals surface area (Å²) in [7, 11) is 0. The van der Waals surface area contributed by atoms with Gasteiger partial charge in [0.2, 0.25) is 5.91 Å². The zero-order valence-electron chi connectivity index (χ0n) is 10.5. The molecule has 0 saturated heterocycles. The maximum absolute atomic E-state index is 11.8. The second-order valence-corrected chi connectivity index (χ2v) is 6.44. The molecular weight excluding hydrogens is 305 g/mol. The van der Waals surface area contributed by atoms with E-state index < -0.39 is 0 Å². The number of carbonyl (C=O) groups excluding carboxylic acids is 1. The molecule has 19 heavy (non-hydrogen) atoms. The zero-order chi connectivity index (χ0) is 13.8. The summed E-state index contributed by atoms with van der Waals surface area (Å²) in [6.07, 6.45) is 3.47. The van der Waals surface area contributed by atoms with E-state index in [4.69, 9.17) is 34.8 Å². The van der Waals surface area contributed by atoms with Gasteiger partial charge in [-0.25, -0.2) is 0 Å². The van der Waals surface area contributed by atoms with E-state index in [-0.39, 0.29) is 11.3 Å². The third-order valence-corrected chi connectivity index (χ3v) is 4.55. The summed E-state index contributed by atoms with van der Waals surface area (Å²) < 4.78 is 0. The van der Waals surface area contributed by atoms with Crippen molar-refractivity contribution in [1.82, 2.24) is 5.32 Å². The first-order valence-electron chi connectivity index (χ1n) is 6.39. The molecule has 104 valence electrons. The molecule has 5 heteroatoms. The molecule has 1 amide bonds. The zero-order valence-corrected chi connectivity index (χ0v) is 12.7. The van der Waals surface area contributed by atoms with Gasteiger partial charge in [0, 0.05) is 11.9 Å². The number of alkyl halides is 1. The van der Waals surface area contributed by atoms with Crippen molar-refractivity contribution >= 4 is 40.7 Å². The summed E-state index contributed by atoms with van der Waals surface area (Å²) in [5.41, 5.74) is 0.869. The topological polar surface area (TPSA) is 29.1 Å². The third kappa shape index (κ3) is 4.55. The Hall–Kier alpha value is -0.440. The monoisotopic (exact) mass is 319 g/mol. The van der Waals surface area contributed by atoms with E-state index in [9.17, 15) is 4.79 Å². The predicted octanol–water partition coefficient (Wildman–Crippen LogP) is 4.06. The molecule has 1 N–H and O–H groups in total. The molecule has 2 atom stereocenters. The first kappa shape index (κ1) is 15.0. The molecule has 1 aromatic carbocycles. The maximum atomic E-state index is 11.8. The second-order valence-electron chi connectivity index (χ2n) is 5.01. The van der Waals surface area contributed by atoms with E-state index in [1.54, 1.807) is 12.1 Å². The van der Waals surface area contributed by atoms with Crippen LogP contribution in [0.2, 0.25) is 10.0 Å². The van der Waals surface area contributed by atoms with Crippen molar-refractivity contribution in [3.05, 3.63) is 33.8 Å². The van der Waals surface area contributed by atoms with Gasteiger partial charge in [0.1, 0.15) is 0 Å². The van der Waals surface area contributed by atoms with Gasteiger partial charge in [0.05, 0.1) is 16.5 Å². The molecule has 2 rings (SSSR count). The normalized spacial score (nSPS) is 22.5. The summed E-state index contributed by atoms with van der Waals surface area (Å²) in [6.45, 7) is 0.712. The van der Waals surface area contributed by atoms with Crippen LogP contribution in [0.4, 0.5) is 0 Å². The molecular formula is C14H16Cl3NO. The number of halogens is 3. The van der Waals surface area contributed by atoms with Crippen molar-refractivity contribution in [2.24, 2.45) is 5.92 Å². The lowest BCUT2D eigenvalue weighted by molar-refractivity contribution is -0.120. The van der Waals surface area contributed by atoms with Crippen LogP contribution in [0.5, 0.6) is 0 Å². The molecule has 2 unspecified atom stereocenters. The van der Waals surface area contributed by atoms with Crippen LogP contribution in [0.25, 0.3) is 0 Å². The highest BCUT2D eigenvalue weighted by Crippen LogP contribution is 2.28. The fourth-order valence-corrected chi connectivity index (χ4v) is 3.05. The molecule has 1 fully saturated rings. The Kier molecular flexibility index (Phi) is 5.37. The van der Waals surface area contributed by atoms with Crippen molar-refractivity contribution in [2.75, 3.05) is 6.54 Å². The first-order valence-corrected chi connectivity index (χ1v) is 7.58. The lowest BCUT2D eigenvalue weighted by Crippen LogP contribution is -2.29. The number of rotatable bonds is 4. The van der Waals surface area contributed by atoms with Gasteiger partial charge < -0.3 is 5.32 Å². The molecule has 0 bridgehead atoms. The largest absolute Gasteiger partial charge is 0.356 e. The molecule has 0 radical (unpaired) electrons. The fraction of sp³-hybridized carbons (Fsp3) is 0.500. The maximum Gasteiger partial charge on any atom is 0.224 e. The van der Waals surface area contributed by atoms with Gasteiger partial charge in [-0.1, -0.05) is 29.3 Å². The Bertz CT molecular complexity index is 464. The standard InChI is InChI=1S/C14H16Cl3NO/c15-11-3-1-10(5-11)8-18-14(19)7-9-2-4-12(16)13(17)6-9/h2,4,6,10-11H,1,3,5,7-8H2,(H,18,19). The SMILES string of the molecule is O=C(Cc1ccc(Cl)c(Cl)c1)NCC1CCC(Cl)C1. The van der Waals surface area contributed by atoms with Gasteiger partial charge in [-0.15, -0.1) is 11.6 Å². The molecule has 1 aromatic rings. The lowest BCUT2D eigenvalue weighted by Gasteiger charge is -2.11. The van der Waals surface area contributed by atoms with Crippen LogP contribution in [0.1, 0.15) is 24.8 Å². The van der Waals surface area contributed by atoms with Gasteiger partial charge in [0.15, 0.2) is 0 Å². The fourth-order valence-electron chi connectivity index (χ4n) is 2.35. The Morgan fingerprint density at radius 3 is 2.68 bits per heavy atom. The van der Waals surface area contributed by atoms with E-state index >= 15 is 0 Å². The van der Waals surface area contributed by atoms with Crippen molar-refractivity contribution in [2.45, 2.75) is 31.1 Å². The van der Waals surface area contributed by atoms with Crippen LogP contribution in [0.15, 0.2) is 18.2 Å². The van der Waals surface area contributed by atoms with Gasteiger partial charge in [-0.3, -0.25) is 4.79 Å². The number of carbonyl (C=O) groups is 1. The Balaban J connectivity index is 1.79. The quantitative estimate of drug-likeness (QED) is 0.833. The number of amides is 1. The van der Waals surface area contributed by atoms with Crippen LogP contribution in [0.3, 0.4) is 0 Å². The third-order valence-electron chi connectivity index (χ3n) is 3.41. The van der Waals surface area contributed by atoms with Gasteiger partial charge >= 0.3 is 0 Å². The van der Waals surface area contributed by atoms with Crippen LogP contribution in [-0.4, -0.2) is 17.8 Å².